The molecule has 1 saturated heterocycles. The van der Waals surface area contributed by atoms with Crippen LogP contribution in [-0.2, 0) is 6.61 Å². The Kier molecular flexibility index (Phi) is 6.36. The summed E-state index contributed by atoms with van der Waals surface area (Å²) in [6.07, 6.45) is 0. The minimum absolute atomic E-state index is 0.127. The van der Waals surface area contributed by atoms with Crippen LogP contribution in [0.4, 0.5) is 11.4 Å². The number of hydrogen-bond acceptors (Lipinski definition) is 6. The number of aromatic nitrogens is 1. The predicted octanol–water partition coefficient (Wildman–Crippen LogP) is 4.84. The van der Waals surface area contributed by atoms with Gasteiger partial charge in [0.25, 0.3) is 5.91 Å². The number of hydrogen-bond donors (Lipinski definition) is 1. The topological polar surface area (TPSA) is 54.5 Å². The molecule has 0 bridgehead atoms. The van der Waals surface area contributed by atoms with E-state index in [0.717, 1.165) is 30.2 Å². The average Bonchev–Trinajstić information content (AvgIpc) is 3.27. The van der Waals surface area contributed by atoms with Gasteiger partial charge in [0.05, 0.1) is 11.2 Å². The maximum absolute atomic E-state index is 12.6. The third-order valence-electron chi connectivity index (χ3n) is 4.79. The van der Waals surface area contributed by atoms with Gasteiger partial charge < -0.3 is 15.0 Å². The lowest BCUT2D eigenvalue weighted by atomic mass is 10.1. The fraction of sp³-hybridized carbons (Fsp3) is 0.273. The van der Waals surface area contributed by atoms with Gasteiger partial charge >= 0.3 is 0 Å². The Labute approximate surface area is 179 Å². The molecular formula is C22H23N3O2S2. The maximum atomic E-state index is 12.6. The molecule has 150 valence electrons. The molecule has 0 unspecified atom stereocenters. The molecule has 0 radical (unpaired) electrons. The van der Waals surface area contributed by atoms with Gasteiger partial charge in [0.2, 0.25) is 0 Å². The molecule has 1 amide bonds. The third-order valence-corrected chi connectivity index (χ3v) is 6.37. The van der Waals surface area contributed by atoms with Gasteiger partial charge in [-0.2, -0.15) is 11.8 Å². The average molecular weight is 426 g/mol. The van der Waals surface area contributed by atoms with E-state index < -0.39 is 0 Å². The Morgan fingerprint density at radius 3 is 2.66 bits per heavy atom. The monoisotopic (exact) mass is 425 g/mol. The molecular weight excluding hydrogens is 402 g/mol. The summed E-state index contributed by atoms with van der Waals surface area (Å²) in [6, 6.07) is 13.3. The molecule has 0 spiro atoms. The first-order valence-electron chi connectivity index (χ1n) is 9.54. The molecule has 1 aliphatic heterocycles. The van der Waals surface area contributed by atoms with Crippen molar-refractivity contribution in [3.05, 3.63) is 70.2 Å². The highest BCUT2D eigenvalue weighted by Gasteiger charge is 2.14. The van der Waals surface area contributed by atoms with Gasteiger partial charge in [-0.25, -0.2) is 4.98 Å². The van der Waals surface area contributed by atoms with Crippen molar-refractivity contribution in [2.24, 2.45) is 0 Å². The molecule has 7 heteroatoms. The SMILES string of the molecule is Cc1cc(NC(=O)c2ccc(OCc3cscn3)cc2)ccc1N1CCSCC1. The van der Waals surface area contributed by atoms with E-state index >= 15 is 0 Å². The zero-order valence-corrected chi connectivity index (χ0v) is 17.9. The molecule has 1 fully saturated rings. The fourth-order valence-electron chi connectivity index (χ4n) is 3.26. The molecule has 0 aliphatic carbocycles. The quantitative estimate of drug-likeness (QED) is 0.613. The highest BCUT2D eigenvalue weighted by Crippen LogP contribution is 2.26. The molecule has 4 rings (SSSR count). The molecule has 2 heterocycles. The van der Waals surface area contributed by atoms with Crippen molar-refractivity contribution in [3.63, 3.8) is 0 Å². The standard InChI is InChI=1S/C22H23N3O2S2/c1-16-12-18(4-7-21(16)25-8-10-28-11-9-25)24-22(26)17-2-5-20(6-3-17)27-13-19-14-29-15-23-19/h2-7,12,14-15H,8-11,13H2,1H3,(H,24,26). The predicted molar refractivity (Wildman–Crippen MR) is 122 cm³/mol. The van der Waals surface area contributed by atoms with E-state index in [4.69, 9.17) is 4.74 Å². The number of ether oxygens (including phenoxy) is 1. The zero-order valence-electron chi connectivity index (χ0n) is 16.3. The van der Waals surface area contributed by atoms with Crippen molar-refractivity contribution in [1.82, 2.24) is 4.98 Å². The number of nitrogens with one attached hydrogen (secondary N) is 1. The Bertz CT molecular complexity index is 953. The van der Waals surface area contributed by atoms with Gasteiger partial charge in [-0.15, -0.1) is 11.3 Å². The normalized spacial score (nSPS) is 13.9. The van der Waals surface area contributed by atoms with Crippen molar-refractivity contribution in [1.29, 1.82) is 0 Å². The van der Waals surface area contributed by atoms with Crippen LogP contribution >= 0.6 is 23.1 Å². The van der Waals surface area contributed by atoms with Gasteiger partial charge in [0, 0.05) is 46.9 Å². The summed E-state index contributed by atoms with van der Waals surface area (Å²) >= 11 is 3.55. The van der Waals surface area contributed by atoms with E-state index in [1.54, 1.807) is 29.0 Å². The van der Waals surface area contributed by atoms with E-state index in [1.807, 2.05) is 41.4 Å². The van der Waals surface area contributed by atoms with E-state index in [9.17, 15) is 4.79 Å². The summed E-state index contributed by atoms with van der Waals surface area (Å²) in [7, 11) is 0. The van der Waals surface area contributed by atoms with Crippen molar-refractivity contribution in [2.75, 3.05) is 34.8 Å². The van der Waals surface area contributed by atoms with E-state index in [1.165, 1.54) is 22.8 Å². The second-order valence-electron chi connectivity index (χ2n) is 6.85. The van der Waals surface area contributed by atoms with Gasteiger partial charge in [-0.1, -0.05) is 0 Å². The molecule has 1 aliphatic rings. The molecule has 5 nitrogen and oxygen atoms in total. The highest BCUT2D eigenvalue weighted by atomic mass is 32.2. The van der Waals surface area contributed by atoms with Gasteiger partial charge in [0.1, 0.15) is 12.4 Å². The third kappa shape index (κ3) is 5.10. The molecule has 1 aromatic heterocycles. The minimum atomic E-state index is -0.127. The second kappa shape index (κ2) is 9.33. The first-order chi connectivity index (χ1) is 14.2. The lowest BCUT2D eigenvalue weighted by Gasteiger charge is -2.30. The lowest BCUT2D eigenvalue weighted by Crippen LogP contribution is -2.32. The van der Waals surface area contributed by atoms with Crippen LogP contribution in [0.3, 0.4) is 0 Å². The number of amides is 1. The molecule has 1 N–H and O–H groups in total. The molecule has 2 aromatic carbocycles. The van der Waals surface area contributed by atoms with Crippen LogP contribution in [0.2, 0.25) is 0 Å². The van der Waals surface area contributed by atoms with E-state index in [-0.39, 0.29) is 5.91 Å². The summed E-state index contributed by atoms with van der Waals surface area (Å²) in [5, 5.41) is 4.95. The number of thioether (sulfide) groups is 1. The number of benzene rings is 2. The molecule has 29 heavy (non-hydrogen) atoms. The molecule has 0 saturated carbocycles. The van der Waals surface area contributed by atoms with Crippen molar-refractivity contribution < 1.29 is 9.53 Å². The first-order valence-corrected chi connectivity index (χ1v) is 11.6. The van der Waals surface area contributed by atoms with Crippen LogP contribution in [0.5, 0.6) is 5.75 Å². The molecule has 0 atom stereocenters. The Balaban J connectivity index is 1.36. The number of nitrogens with zero attached hydrogens (tertiary/aromatic N) is 2. The fourth-order valence-corrected chi connectivity index (χ4v) is 4.71. The van der Waals surface area contributed by atoms with E-state index in [2.05, 4.69) is 28.2 Å². The number of carbonyl (C=O) groups excluding carboxylic acids is 1. The molecule has 3 aromatic rings. The summed E-state index contributed by atoms with van der Waals surface area (Å²) in [6.45, 7) is 4.68. The Morgan fingerprint density at radius 1 is 1.17 bits per heavy atom. The largest absolute Gasteiger partial charge is 0.487 e. The number of aryl methyl sites for hydroxylation is 1. The summed E-state index contributed by atoms with van der Waals surface area (Å²) < 4.78 is 5.70. The van der Waals surface area contributed by atoms with Crippen LogP contribution in [-0.4, -0.2) is 35.5 Å². The summed E-state index contributed by atoms with van der Waals surface area (Å²) in [5.41, 5.74) is 6.53. The zero-order chi connectivity index (χ0) is 20.1. The van der Waals surface area contributed by atoms with Crippen LogP contribution in [0.15, 0.2) is 53.4 Å². The Morgan fingerprint density at radius 2 is 1.97 bits per heavy atom. The minimum Gasteiger partial charge on any atom is -0.487 e. The van der Waals surface area contributed by atoms with Crippen LogP contribution in [0.1, 0.15) is 21.6 Å². The first kappa shape index (κ1) is 19.8. The smallest absolute Gasteiger partial charge is 0.255 e. The van der Waals surface area contributed by atoms with Crippen molar-refractivity contribution >= 4 is 40.4 Å². The summed E-state index contributed by atoms with van der Waals surface area (Å²) in [4.78, 5) is 19.2. The Hall–Kier alpha value is -2.51. The summed E-state index contributed by atoms with van der Waals surface area (Å²) in [5.74, 6) is 2.93. The van der Waals surface area contributed by atoms with Crippen molar-refractivity contribution in [3.8, 4) is 5.75 Å². The van der Waals surface area contributed by atoms with Crippen molar-refractivity contribution in [2.45, 2.75) is 13.5 Å². The van der Waals surface area contributed by atoms with Crippen LogP contribution < -0.4 is 15.0 Å². The van der Waals surface area contributed by atoms with Gasteiger partial charge in [-0.05, 0) is 55.0 Å². The van der Waals surface area contributed by atoms with Gasteiger partial charge in [-0.3, -0.25) is 4.79 Å². The number of anilines is 2. The van der Waals surface area contributed by atoms with Gasteiger partial charge in [0.15, 0.2) is 0 Å². The van der Waals surface area contributed by atoms with Crippen LogP contribution in [0, 0.1) is 6.92 Å². The number of rotatable bonds is 6. The number of thiazole rings is 1. The van der Waals surface area contributed by atoms with Crippen LogP contribution in [0.25, 0.3) is 0 Å². The van der Waals surface area contributed by atoms with E-state index in [0.29, 0.717) is 12.2 Å². The second-order valence-corrected chi connectivity index (χ2v) is 8.79. The number of carbonyl (C=O) groups is 1. The highest BCUT2D eigenvalue weighted by molar-refractivity contribution is 7.99. The lowest BCUT2D eigenvalue weighted by molar-refractivity contribution is 0.102. The maximum Gasteiger partial charge on any atom is 0.255 e.